The number of benzene rings is 3. The highest BCUT2D eigenvalue weighted by Gasteiger charge is 2.16. The maximum Gasteiger partial charge on any atom is 0.262 e. The second-order valence-corrected chi connectivity index (χ2v) is 8.19. The molecule has 0 fully saturated rings. The predicted octanol–water partition coefficient (Wildman–Crippen LogP) is 4.72. The van der Waals surface area contributed by atoms with Crippen molar-refractivity contribution in [1.29, 1.82) is 0 Å². The SMILES string of the molecule is O=c1c2ccccc2n2c(SCc3ccc(F)cc3)nnc2n1CCc1ccccc1. The molecule has 154 valence electrons. The van der Waals surface area contributed by atoms with Crippen LogP contribution in [0.5, 0.6) is 0 Å². The molecule has 0 atom stereocenters. The van der Waals surface area contributed by atoms with Gasteiger partial charge in [0.05, 0.1) is 10.9 Å². The number of aromatic nitrogens is 4. The van der Waals surface area contributed by atoms with Crippen molar-refractivity contribution in [3.05, 3.63) is 106 Å². The maximum absolute atomic E-state index is 13.2. The Morgan fingerprint density at radius 2 is 1.58 bits per heavy atom. The Balaban J connectivity index is 1.56. The second kappa shape index (κ2) is 8.35. The van der Waals surface area contributed by atoms with Gasteiger partial charge in [-0.1, -0.05) is 66.4 Å². The quantitative estimate of drug-likeness (QED) is 0.366. The van der Waals surface area contributed by atoms with E-state index in [1.165, 1.54) is 23.9 Å². The zero-order valence-corrected chi connectivity index (χ0v) is 17.4. The maximum atomic E-state index is 13.2. The van der Waals surface area contributed by atoms with Gasteiger partial charge in [0.15, 0.2) is 5.16 Å². The molecule has 0 bridgehead atoms. The number of fused-ring (bicyclic) bond motifs is 3. The van der Waals surface area contributed by atoms with Gasteiger partial charge in [0, 0.05) is 12.3 Å². The fourth-order valence-corrected chi connectivity index (χ4v) is 4.54. The van der Waals surface area contributed by atoms with Gasteiger partial charge in [-0.2, -0.15) is 0 Å². The first-order valence-corrected chi connectivity index (χ1v) is 11.0. The lowest BCUT2D eigenvalue weighted by molar-refractivity contribution is 0.627. The molecule has 3 aromatic carbocycles. The van der Waals surface area contributed by atoms with Gasteiger partial charge >= 0.3 is 0 Å². The lowest BCUT2D eigenvalue weighted by atomic mass is 10.1. The van der Waals surface area contributed by atoms with E-state index >= 15 is 0 Å². The van der Waals surface area contributed by atoms with Crippen molar-refractivity contribution in [3.63, 3.8) is 0 Å². The molecular formula is C24H19FN4OS. The standard InChI is InChI=1S/C24H19FN4OS/c25-19-12-10-18(11-13-19)16-31-24-27-26-23-28(15-14-17-6-2-1-3-7-17)22(30)20-8-4-5-9-21(20)29(23)24/h1-13H,14-16H2. The van der Waals surface area contributed by atoms with E-state index in [-0.39, 0.29) is 11.4 Å². The van der Waals surface area contributed by atoms with Crippen molar-refractivity contribution in [2.45, 2.75) is 23.9 Å². The summed E-state index contributed by atoms with van der Waals surface area (Å²) >= 11 is 1.51. The van der Waals surface area contributed by atoms with Crippen molar-refractivity contribution >= 4 is 28.4 Å². The largest absolute Gasteiger partial charge is 0.276 e. The normalized spacial score (nSPS) is 11.4. The van der Waals surface area contributed by atoms with Crippen molar-refractivity contribution in [3.8, 4) is 0 Å². The Hall–Kier alpha value is -3.45. The minimum atomic E-state index is -0.255. The molecule has 7 heteroatoms. The van der Waals surface area contributed by atoms with Gasteiger partial charge < -0.3 is 0 Å². The van der Waals surface area contributed by atoms with Gasteiger partial charge in [0.25, 0.3) is 5.56 Å². The highest BCUT2D eigenvalue weighted by atomic mass is 32.2. The smallest absolute Gasteiger partial charge is 0.262 e. The number of aryl methyl sites for hydroxylation is 2. The van der Waals surface area contributed by atoms with Gasteiger partial charge in [0.1, 0.15) is 5.82 Å². The molecule has 0 aliphatic carbocycles. The number of hydrogen-bond acceptors (Lipinski definition) is 4. The molecule has 31 heavy (non-hydrogen) atoms. The van der Waals surface area contributed by atoms with E-state index in [9.17, 15) is 9.18 Å². The van der Waals surface area contributed by atoms with Crippen molar-refractivity contribution in [1.82, 2.24) is 19.2 Å². The van der Waals surface area contributed by atoms with E-state index < -0.39 is 0 Å². The van der Waals surface area contributed by atoms with E-state index in [1.807, 2.05) is 46.9 Å². The molecule has 0 saturated carbocycles. The highest BCUT2D eigenvalue weighted by molar-refractivity contribution is 7.98. The summed E-state index contributed by atoms with van der Waals surface area (Å²) in [4.78, 5) is 13.2. The first-order chi connectivity index (χ1) is 15.2. The fourth-order valence-electron chi connectivity index (χ4n) is 3.64. The Kier molecular flexibility index (Phi) is 5.26. The monoisotopic (exact) mass is 430 g/mol. The zero-order valence-electron chi connectivity index (χ0n) is 16.6. The van der Waals surface area contributed by atoms with Crippen molar-refractivity contribution < 1.29 is 4.39 Å². The molecule has 0 saturated heterocycles. The Morgan fingerprint density at radius 1 is 0.839 bits per heavy atom. The second-order valence-electron chi connectivity index (χ2n) is 7.24. The third-order valence-corrected chi connectivity index (χ3v) is 6.23. The van der Waals surface area contributed by atoms with E-state index in [0.717, 1.165) is 23.1 Å². The van der Waals surface area contributed by atoms with Crippen molar-refractivity contribution in [2.24, 2.45) is 0 Å². The fraction of sp³-hybridized carbons (Fsp3) is 0.125. The molecule has 5 aromatic rings. The topological polar surface area (TPSA) is 52.2 Å². The summed E-state index contributed by atoms with van der Waals surface area (Å²) in [5.74, 6) is 0.898. The third kappa shape index (κ3) is 3.84. The van der Waals surface area contributed by atoms with Gasteiger partial charge in [0.2, 0.25) is 5.78 Å². The Morgan fingerprint density at radius 3 is 2.39 bits per heavy atom. The number of hydrogen-bond donors (Lipinski definition) is 0. The zero-order chi connectivity index (χ0) is 21.2. The summed E-state index contributed by atoms with van der Waals surface area (Å²) in [5.41, 5.74) is 2.86. The number of nitrogens with zero attached hydrogens (tertiary/aromatic N) is 4. The van der Waals surface area contributed by atoms with Crippen LogP contribution in [0.2, 0.25) is 0 Å². The number of thioether (sulfide) groups is 1. The number of halogens is 1. The van der Waals surface area contributed by atoms with Crippen LogP contribution in [0, 0.1) is 5.82 Å². The van der Waals surface area contributed by atoms with Crippen molar-refractivity contribution in [2.75, 3.05) is 0 Å². The number of rotatable bonds is 6. The predicted molar refractivity (Wildman–Crippen MR) is 121 cm³/mol. The summed E-state index contributed by atoms with van der Waals surface area (Å²) in [5, 5.41) is 10.1. The Labute approximate surface area is 182 Å². The molecule has 2 aromatic heterocycles. The first-order valence-electron chi connectivity index (χ1n) is 9.98. The summed E-state index contributed by atoms with van der Waals surface area (Å²) in [7, 11) is 0. The molecule has 2 heterocycles. The summed E-state index contributed by atoms with van der Waals surface area (Å²) in [6.45, 7) is 0.512. The molecule has 0 amide bonds. The third-order valence-electron chi connectivity index (χ3n) is 5.23. The van der Waals surface area contributed by atoms with Gasteiger partial charge in [-0.25, -0.2) is 4.39 Å². The van der Waals surface area contributed by atoms with Gasteiger partial charge in [-0.3, -0.25) is 13.8 Å². The van der Waals surface area contributed by atoms with Crippen LogP contribution in [0.15, 0.2) is 88.8 Å². The van der Waals surface area contributed by atoms with Crippen LogP contribution in [0.3, 0.4) is 0 Å². The molecule has 0 unspecified atom stereocenters. The van der Waals surface area contributed by atoms with E-state index in [1.54, 1.807) is 16.7 Å². The minimum Gasteiger partial charge on any atom is -0.276 e. The van der Waals surface area contributed by atoms with Crippen LogP contribution in [-0.4, -0.2) is 19.2 Å². The summed E-state index contributed by atoms with van der Waals surface area (Å²) in [6.07, 6.45) is 0.722. The average Bonchev–Trinajstić information content (AvgIpc) is 3.23. The van der Waals surface area contributed by atoms with Crippen LogP contribution < -0.4 is 5.56 Å². The Bertz CT molecular complexity index is 1410. The van der Waals surface area contributed by atoms with Crippen LogP contribution in [-0.2, 0) is 18.7 Å². The van der Waals surface area contributed by atoms with E-state index in [0.29, 0.717) is 28.6 Å². The van der Waals surface area contributed by atoms with E-state index in [4.69, 9.17) is 0 Å². The molecule has 0 aliphatic rings. The van der Waals surface area contributed by atoms with Crippen LogP contribution in [0.1, 0.15) is 11.1 Å². The lowest BCUT2D eigenvalue weighted by Gasteiger charge is -2.11. The van der Waals surface area contributed by atoms with E-state index in [2.05, 4.69) is 22.3 Å². The molecule has 0 spiro atoms. The van der Waals surface area contributed by atoms with Gasteiger partial charge in [-0.05, 0) is 41.8 Å². The number of para-hydroxylation sites is 1. The molecule has 5 nitrogen and oxygen atoms in total. The minimum absolute atomic E-state index is 0.0680. The summed E-state index contributed by atoms with van der Waals surface area (Å²) < 4.78 is 16.8. The molecule has 0 aliphatic heterocycles. The first kappa shape index (κ1) is 19.5. The molecular weight excluding hydrogens is 411 g/mol. The molecule has 0 radical (unpaired) electrons. The highest BCUT2D eigenvalue weighted by Crippen LogP contribution is 2.25. The lowest BCUT2D eigenvalue weighted by Crippen LogP contribution is -2.24. The molecule has 0 N–H and O–H groups in total. The summed E-state index contributed by atoms with van der Waals surface area (Å²) in [6, 6.07) is 24.0. The van der Waals surface area contributed by atoms with Crippen LogP contribution in [0.25, 0.3) is 16.7 Å². The van der Waals surface area contributed by atoms with Crippen LogP contribution in [0.4, 0.5) is 4.39 Å². The van der Waals surface area contributed by atoms with Gasteiger partial charge in [-0.15, -0.1) is 10.2 Å². The van der Waals surface area contributed by atoms with Crippen LogP contribution >= 0.6 is 11.8 Å². The average molecular weight is 431 g/mol. The molecule has 5 rings (SSSR count).